The highest BCUT2D eigenvalue weighted by atomic mass is 79.9. The van der Waals surface area contributed by atoms with Crippen LogP contribution in [0.5, 0.6) is 0 Å². The van der Waals surface area contributed by atoms with Crippen molar-refractivity contribution < 1.29 is 13.2 Å². The smallest absolute Gasteiger partial charge is 0.244 e. The fourth-order valence-electron chi connectivity index (χ4n) is 2.84. The van der Waals surface area contributed by atoms with Gasteiger partial charge in [0, 0.05) is 36.7 Å². The minimum Gasteiger partial charge on any atom is -0.352 e. The SMILES string of the molecule is C[C@H](C(=O)NC1CC1)N1CCN(S(=O)(=O)c2ccccc2Br)CC1. The molecule has 8 heteroatoms. The summed E-state index contributed by atoms with van der Waals surface area (Å²) in [5, 5.41) is 3.01. The minimum absolute atomic E-state index is 0.0413. The van der Waals surface area contributed by atoms with Crippen molar-refractivity contribution in [3.63, 3.8) is 0 Å². The van der Waals surface area contributed by atoms with E-state index in [4.69, 9.17) is 0 Å². The van der Waals surface area contributed by atoms with Gasteiger partial charge < -0.3 is 5.32 Å². The molecule has 1 saturated heterocycles. The molecule has 0 unspecified atom stereocenters. The Bertz CT molecular complexity index is 713. The molecule has 0 bridgehead atoms. The summed E-state index contributed by atoms with van der Waals surface area (Å²) in [7, 11) is -3.51. The van der Waals surface area contributed by atoms with Crippen LogP contribution in [0.15, 0.2) is 33.6 Å². The molecule has 1 saturated carbocycles. The van der Waals surface area contributed by atoms with Crippen molar-refractivity contribution in [3.05, 3.63) is 28.7 Å². The molecule has 3 rings (SSSR count). The molecule has 0 aromatic heterocycles. The van der Waals surface area contributed by atoms with Gasteiger partial charge >= 0.3 is 0 Å². The maximum absolute atomic E-state index is 12.8. The molecular formula is C16H22BrN3O3S. The van der Waals surface area contributed by atoms with Gasteiger partial charge in [-0.15, -0.1) is 0 Å². The number of rotatable bonds is 5. The molecule has 24 heavy (non-hydrogen) atoms. The molecule has 1 aromatic carbocycles. The second-order valence-electron chi connectivity index (χ2n) is 6.33. The van der Waals surface area contributed by atoms with E-state index in [-0.39, 0.29) is 16.8 Å². The van der Waals surface area contributed by atoms with Crippen molar-refractivity contribution in [3.8, 4) is 0 Å². The van der Waals surface area contributed by atoms with Crippen LogP contribution in [0, 0.1) is 0 Å². The Kier molecular flexibility index (Phi) is 5.29. The Morgan fingerprint density at radius 3 is 2.42 bits per heavy atom. The second kappa shape index (κ2) is 7.11. The number of sulfonamides is 1. The average molecular weight is 416 g/mol. The zero-order valence-corrected chi connectivity index (χ0v) is 16.0. The Balaban J connectivity index is 1.62. The van der Waals surface area contributed by atoms with E-state index in [9.17, 15) is 13.2 Å². The zero-order chi connectivity index (χ0) is 17.3. The lowest BCUT2D eigenvalue weighted by molar-refractivity contribution is -0.126. The lowest BCUT2D eigenvalue weighted by Crippen LogP contribution is -2.55. The second-order valence-corrected chi connectivity index (χ2v) is 9.09. The number of nitrogens with one attached hydrogen (secondary N) is 1. The van der Waals surface area contributed by atoms with Crippen molar-refractivity contribution in [2.45, 2.75) is 36.7 Å². The van der Waals surface area contributed by atoms with Crippen molar-refractivity contribution in [2.75, 3.05) is 26.2 Å². The number of amides is 1. The standard InChI is InChI=1S/C16H22BrN3O3S/c1-12(16(21)18-13-6-7-13)19-8-10-20(11-9-19)24(22,23)15-5-3-2-4-14(15)17/h2-5,12-13H,6-11H2,1H3,(H,18,21)/t12-/m1/s1. The van der Waals surface area contributed by atoms with E-state index in [0.717, 1.165) is 12.8 Å². The van der Waals surface area contributed by atoms with Crippen LogP contribution in [0.2, 0.25) is 0 Å². The zero-order valence-electron chi connectivity index (χ0n) is 13.6. The first kappa shape index (κ1) is 17.8. The molecule has 1 heterocycles. The highest BCUT2D eigenvalue weighted by Crippen LogP contribution is 2.26. The monoisotopic (exact) mass is 415 g/mol. The fourth-order valence-corrected chi connectivity index (χ4v) is 5.23. The third kappa shape index (κ3) is 3.82. The van der Waals surface area contributed by atoms with Gasteiger partial charge in [0.15, 0.2) is 0 Å². The van der Waals surface area contributed by atoms with E-state index >= 15 is 0 Å². The maximum Gasteiger partial charge on any atom is 0.244 e. The Labute approximate surface area is 151 Å². The first-order chi connectivity index (χ1) is 11.4. The first-order valence-corrected chi connectivity index (χ1v) is 10.4. The number of carbonyl (C=O) groups is 1. The molecule has 132 valence electrons. The molecule has 1 aromatic rings. The molecule has 1 atom stereocenters. The molecule has 6 nitrogen and oxygen atoms in total. The predicted octanol–water partition coefficient (Wildman–Crippen LogP) is 1.42. The molecule has 0 spiro atoms. The quantitative estimate of drug-likeness (QED) is 0.789. The molecule has 2 fully saturated rings. The number of hydrogen-bond donors (Lipinski definition) is 1. The van der Waals surface area contributed by atoms with Crippen molar-refractivity contribution in [1.82, 2.24) is 14.5 Å². The van der Waals surface area contributed by atoms with Gasteiger partial charge in [-0.25, -0.2) is 8.42 Å². The number of benzene rings is 1. The average Bonchev–Trinajstić information content (AvgIpc) is 3.38. The first-order valence-electron chi connectivity index (χ1n) is 8.18. The highest BCUT2D eigenvalue weighted by Gasteiger charge is 2.33. The third-order valence-corrected chi connectivity index (χ3v) is 7.49. The van der Waals surface area contributed by atoms with Gasteiger partial charge in [0.1, 0.15) is 0 Å². The van der Waals surface area contributed by atoms with Crippen molar-refractivity contribution in [2.24, 2.45) is 0 Å². The Morgan fingerprint density at radius 2 is 1.83 bits per heavy atom. The molecular weight excluding hydrogens is 394 g/mol. The van der Waals surface area contributed by atoms with E-state index in [1.54, 1.807) is 24.3 Å². The third-order valence-electron chi connectivity index (χ3n) is 4.58. The predicted molar refractivity (Wildman–Crippen MR) is 95.1 cm³/mol. The summed E-state index contributed by atoms with van der Waals surface area (Å²) in [4.78, 5) is 14.5. The lowest BCUT2D eigenvalue weighted by Gasteiger charge is -2.36. The van der Waals surface area contributed by atoms with E-state index < -0.39 is 10.0 Å². The summed E-state index contributed by atoms with van der Waals surface area (Å²) >= 11 is 3.31. The van der Waals surface area contributed by atoms with Crippen LogP contribution in [-0.4, -0.2) is 61.8 Å². The van der Waals surface area contributed by atoms with E-state index in [1.165, 1.54) is 4.31 Å². The van der Waals surface area contributed by atoms with Gasteiger partial charge in [-0.2, -0.15) is 4.31 Å². The number of carbonyl (C=O) groups excluding carboxylic acids is 1. The van der Waals surface area contributed by atoms with Gasteiger partial charge in [-0.1, -0.05) is 12.1 Å². The minimum atomic E-state index is -3.51. The fraction of sp³-hybridized carbons (Fsp3) is 0.562. The van der Waals surface area contributed by atoms with Gasteiger partial charge in [0.25, 0.3) is 0 Å². The summed E-state index contributed by atoms with van der Waals surface area (Å²) in [6, 6.07) is 6.97. The van der Waals surface area contributed by atoms with Gasteiger partial charge in [-0.3, -0.25) is 9.69 Å². The van der Waals surface area contributed by atoms with Gasteiger partial charge in [-0.05, 0) is 47.8 Å². The Morgan fingerprint density at radius 1 is 1.21 bits per heavy atom. The number of hydrogen-bond acceptors (Lipinski definition) is 4. The summed E-state index contributed by atoms with van der Waals surface area (Å²) in [5.41, 5.74) is 0. The normalized spacial score (nSPS) is 21.4. The van der Waals surface area contributed by atoms with Crippen LogP contribution in [0.25, 0.3) is 0 Å². The van der Waals surface area contributed by atoms with Crippen LogP contribution in [-0.2, 0) is 14.8 Å². The van der Waals surface area contributed by atoms with Gasteiger partial charge in [0.2, 0.25) is 15.9 Å². The molecule has 1 amide bonds. The van der Waals surface area contributed by atoms with Crippen molar-refractivity contribution in [1.29, 1.82) is 0 Å². The van der Waals surface area contributed by atoms with E-state index in [2.05, 4.69) is 21.2 Å². The van der Waals surface area contributed by atoms with Crippen LogP contribution in [0.4, 0.5) is 0 Å². The van der Waals surface area contributed by atoms with Crippen LogP contribution < -0.4 is 5.32 Å². The summed E-state index contributed by atoms with van der Waals surface area (Å²) < 4.78 is 27.6. The number of nitrogens with zero attached hydrogens (tertiary/aromatic N) is 2. The van der Waals surface area contributed by atoms with Gasteiger partial charge in [0.05, 0.1) is 10.9 Å². The summed E-state index contributed by atoms with van der Waals surface area (Å²) in [5.74, 6) is 0.0413. The molecule has 1 aliphatic heterocycles. The van der Waals surface area contributed by atoms with Crippen LogP contribution in [0.1, 0.15) is 19.8 Å². The number of halogens is 1. The van der Waals surface area contributed by atoms with Crippen molar-refractivity contribution >= 4 is 31.9 Å². The van der Waals surface area contributed by atoms with Crippen LogP contribution in [0.3, 0.4) is 0 Å². The van der Waals surface area contributed by atoms with E-state index in [0.29, 0.717) is 36.7 Å². The molecule has 2 aliphatic rings. The molecule has 0 radical (unpaired) electrons. The largest absolute Gasteiger partial charge is 0.352 e. The summed E-state index contributed by atoms with van der Waals surface area (Å²) in [6.07, 6.45) is 2.13. The highest BCUT2D eigenvalue weighted by molar-refractivity contribution is 9.10. The Hall–Kier alpha value is -0.960. The lowest BCUT2D eigenvalue weighted by atomic mass is 10.2. The number of piperazine rings is 1. The molecule has 1 aliphatic carbocycles. The van der Waals surface area contributed by atoms with Crippen LogP contribution >= 0.6 is 15.9 Å². The maximum atomic E-state index is 12.8. The molecule has 1 N–H and O–H groups in total. The topological polar surface area (TPSA) is 69.7 Å². The summed E-state index contributed by atoms with van der Waals surface area (Å²) in [6.45, 7) is 3.79. The van der Waals surface area contributed by atoms with E-state index in [1.807, 2.05) is 11.8 Å².